The lowest BCUT2D eigenvalue weighted by atomic mass is 10.0. The lowest BCUT2D eigenvalue weighted by Crippen LogP contribution is -2.54. The van der Waals surface area contributed by atoms with E-state index in [1.165, 1.54) is 0 Å². The van der Waals surface area contributed by atoms with E-state index in [2.05, 4.69) is 36.2 Å². The van der Waals surface area contributed by atoms with Crippen molar-refractivity contribution in [3.63, 3.8) is 0 Å². The molecule has 18 nitrogen and oxygen atoms in total. The number of carbonyl (C=O) groups excluding carboxylic acids is 6. The number of nitrogens with zero attached hydrogens (tertiary/aromatic N) is 2. The monoisotopic (exact) mass is 809 g/mol. The van der Waals surface area contributed by atoms with Crippen LogP contribution in [-0.4, -0.2) is 91.5 Å². The second-order valence-corrected chi connectivity index (χ2v) is 14.7. The highest BCUT2D eigenvalue weighted by Gasteiger charge is 2.45. The van der Waals surface area contributed by atoms with Crippen molar-refractivity contribution in [2.75, 3.05) is 24.1 Å². The van der Waals surface area contributed by atoms with Crippen LogP contribution in [0.2, 0.25) is 0 Å². The largest absolute Gasteiger partial charge is 0.480 e. The van der Waals surface area contributed by atoms with Gasteiger partial charge in [-0.25, -0.2) is 4.79 Å². The number of piperidine rings is 1. The Kier molecular flexibility index (Phi) is 13.5. The van der Waals surface area contributed by atoms with E-state index in [0.29, 0.717) is 42.7 Å². The number of amides is 6. The maximum absolute atomic E-state index is 13.2. The van der Waals surface area contributed by atoms with Crippen LogP contribution in [0.3, 0.4) is 0 Å². The maximum Gasteiger partial charge on any atom is 0.326 e. The van der Waals surface area contributed by atoms with E-state index >= 15 is 0 Å². The zero-order valence-electron chi connectivity index (χ0n) is 32.4. The summed E-state index contributed by atoms with van der Waals surface area (Å²) >= 11 is 0. The summed E-state index contributed by atoms with van der Waals surface area (Å²) in [7, 11) is 0. The molecule has 0 saturated carbocycles. The van der Waals surface area contributed by atoms with Gasteiger partial charge in [0.05, 0.1) is 16.5 Å². The van der Waals surface area contributed by atoms with Gasteiger partial charge in [-0.3, -0.25) is 48.8 Å². The lowest BCUT2D eigenvalue weighted by Gasteiger charge is -2.27. The summed E-state index contributed by atoms with van der Waals surface area (Å²) in [6.07, 6.45) is 8.10. The van der Waals surface area contributed by atoms with Gasteiger partial charge in [-0.05, 0) is 73.9 Å². The van der Waals surface area contributed by atoms with E-state index in [1.807, 2.05) is 0 Å². The average Bonchev–Trinajstić information content (AvgIpc) is 3.73. The number of imide groups is 2. The molecule has 2 aromatic heterocycles. The van der Waals surface area contributed by atoms with Crippen LogP contribution in [-0.2, 0) is 32.0 Å². The molecular weight excluding hydrogens is 763 g/mol. The first-order valence-corrected chi connectivity index (χ1v) is 19.7. The van der Waals surface area contributed by atoms with Crippen molar-refractivity contribution in [1.29, 1.82) is 0 Å². The fraction of sp³-hybridized carbons (Fsp3) is 0.390. The number of carboxylic acids is 1. The first-order chi connectivity index (χ1) is 28.4. The molecule has 2 aromatic carbocycles. The summed E-state index contributed by atoms with van der Waals surface area (Å²) in [5.74, 6) is -4.26. The number of anilines is 2. The van der Waals surface area contributed by atoms with Crippen LogP contribution in [0.4, 0.5) is 11.6 Å². The number of aryl methyl sites for hydroxylation is 2. The van der Waals surface area contributed by atoms with Crippen molar-refractivity contribution in [2.45, 2.75) is 89.1 Å². The topological polar surface area (TPSA) is 279 Å². The molecule has 2 aliphatic rings. The Hall–Kier alpha value is -6.85. The van der Waals surface area contributed by atoms with Gasteiger partial charge in [0.25, 0.3) is 23.3 Å². The third-order valence-corrected chi connectivity index (χ3v) is 10.5. The minimum atomic E-state index is -1.25. The van der Waals surface area contributed by atoms with Crippen LogP contribution in [0.25, 0.3) is 11.0 Å². The van der Waals surface area contributed by atoms with Gasteiger partial charge in [0.2, 0.25) is 23.7 Å². The molecule has 1 unspecified atom stereocenters. The standard InChI is InChI=1S/C41H47N9O9/c42-41-48-34-32(37(55)49-41)25(22-45-34)15-12-23-10-13-24(14-11-23)35(53)46-28(40(58)59)16-18-30(51)44-21-6-4-2-1-3-5-20-43-27-9-7-8-26-33(27)39(57)50(38(26)56)29-17-19-31(52)47-36(29)54/h7-11,13-14,22,28-29,43H,1-6,12,15-21H2,(H,44,51)(H,46,53)(H,58,59)(H,47,52,54)(H4,42,45,48,49,55)/t28-,29?/m1/s1. The van der Waals surface area contributed by atoms with Gasteiger partial charge < -0.3 is 31.8 Å². The van der Waals surface area contributed by atoms with Crippen molar-refractivity contribution in [2.24, 2.45) is 0 Å². The number of aromatic nitrogens is 3. The number of H-pyrrole nitrogens is 2. The van der Waals surface area contributed by atoms with Crippen LogP contribution in [0, 0.1) is 0 Å². The lowest BCUT2D eigenvalue weighted by molar-refractivity contribution is -0.140. The number of rotatable bonds is 20. The zero-order valence-corrected chi connectivity index (χ0v) is 32.4. The summed E-state index contributed by atoms with van der Waals surface area (Å²) in [6.45, 7) is 1.02. The highest BCUT2D eigenvalue weighted by molar-refractivity contribution is 6.25. The van der Waals surface area contributed by atoms with Gasteiger partial charge in [0.1, 0.15) is 17.7 Å². The van der Waals surface area contributed by atoms with Gasteiger partial charge in [-0.2, -0.15) is 4.98 Å². The number of unbranched alkanes of at least 4 members (excludes halogenated alkanes) is 5. The van der Waals surface area contributed by atoms with Gasteiger partial charge in [-0.15, -0.1) is 0 Å². The second kappa shape index (κ2) is 19.1. The number of benzene rings is 2. The van der Waals surface area contributed by atoms with Crippen molar-refractivity contribution in [3.8, 4) is 0 Å². The van der Waals surface area contributed by atoms with Crippen molar-refractivity contribution in [3.05, 3.63) is 86.8 Å². The van der Waals surface area contributed by atoms with Crippen molar-refractivity contribution < 1.29 is 38.7 Å². The third kappa shape index (κ3) is 10.2. The number of carboxylic acid groups (broad SMARTS) is 1. The molecule has 59 heavy (non-hydrogen) atoms. The number of carbonyl (C=O) groups is 7. The van der Waals surface area contributed by atoms with Gasteiger partial charge in [0.15, 0.2) is 0 Å². The highest BCUT2D eigenvalue weighted by atomic mass is 16.4. The third-order valence-electron chi connectivity index (χ3n) is 10.5. The fourth-order valence-electron chi connectivity index (χ4n) is 7.35. The molecule has 4 heterocycles. The molecule has 1 saturated heterocycles. The Morgan fingerprint density at radius 2 is 1.64 bits per heavy atom. The van der Waals surface area contributed by atoms with E-state index in [0.717, 1.165) is 54.6 Å². The molecule has 0 spiro atoms. The van der Waals surface area contributed by atoms with Crippen LogP contribution in [0.1, 0.15) is 106 Å². The molecule has 310 valence electrons. The number of hydrogen-bond acceptors (Lipinski definition) is 11. The first kappa shape index (κ1) is 41.8. The Balaban J connectivity index is 0.830. The first-order valence-electron chi connectivity index (χ1n) is 19.7. The average molecular weight is 810 g/mol. The Morgan fingerprint density at radius 3 is 2.37 bits per heavy atom. The molecule has 2 atom stereocenters. The number of hydrogen-bond donors (Lipinski definition) is 8. The van der Waals surface area contributed by atoms with E-state index in [-0.39, 0.29) is 59.8 Å². The highest BCUT2D eigenvalue weighted by Crippen LogP contribution is 2.32. The van der Waals surface area contributed by atoms with E-state index in [1.54, 1.807) is 48.7 Å². The number of aromatic amines is 2. The molecule has 9 N–H and O–H groups in total. The van der Waals surface area contributed by atoms with Gasteiger partial charge in [-0.1, -0.05) is 43.9 Å². The van der Waals surface area contributed by atoms with E-state index in [9.17, 15) is 43.5 Å². The molecule has 6 rings (SSSR count). The van der Waals surface area contributed by atoms with Gasteiger partial charge >= 0.3 is 5.97 Å². The normalized spacial score (nSPS) is 15.5. The predicted molar refractivity (Wildman–Crippen MR) is 215 cm³/mol. The molecule has 18 heteroatoms. The molecule has 1 fully saturated rings. The summed E-state index contributed by atoms with van der Waals surface area (Å²) in [6, 6.07) is 9.42. The summed E-state index contributed by atoms with van der Waals surface area (Å²) < 4.78 is 0. The van der Waals surface area contributed by atoms with Gasteiger partial charge in [0, 0.05) is 43.4 Å². The van der Waals surface area contributed by atoms with E-state index in [4.69, 9.17) is 5.73 Å². The molecule has 2 aliphatic heterocycles. The quantitative estimate of drug-likeness (QED) is 0.0473. The zero-order chi connectivity index (χ0) is 42.1. The Bertz CT molecular complexity index is 2320. The number of fused-ring (bicyclic) bond motifs is 2. The summed E-state index contributed by atoms with van der Waals surface area (Å²) in [4.78, 5) is 110. The second-order valence-electron chi connectivity index (χ2n) is 14.7. The predicted octanol–water partition coefficient (Wildman–Crippen LogP) is 2.55. The number of nitrogens with one attached hydrogen (secondary N) is 6. The number of nitrogens with two attached hydrogens (primary N) is 1. The van der Waals surface area contributed by atoms with Crippen LogP contribution in [0.5, 0.6) is 0 Å². The number of aliphatic carboxylic acids is 1. The summed E-state index contributed by atoms with van der Waals surface area (Å²) in [5, 5.41) is 20.9. The fourth-order valence-corrected chi connectivity index (χ4v) is 7.35. The SMILES string of the molecule is Nc1nc2[nH]cc(CCc3ccc(C(=O)N[C@H](CCC(=O)NCCCCCCCCNc4cccc5c4C(=O)N(C4CCC(=O)NC4=O)C5=O)C(=O)O)cc3)c2c(=O)[nH]1. The molecular formula is C41H47N9O9. The maximum atomic E-state index is 13.2. The molecule has 0 radical (unpaired) electrons. The Labute approximate surface area is 338 Å². The Morgan fingerprint density at radius 1 is 0.915 bits per heavy atom. The van der Waals surface area contributed by atoms with Crippen LogP contribution >= 0.6 is 0 Å². The van der Waals surface area contributed by atoms with Crippen LogP contribution < -0.4 is 32.6 Å². The smallest absolute Gasteiger partial charge is 0.326 e. The van der Waals surface area contributed by atoms with Crippen molar-refractivity contribution in [1.82, 2.24) is 35.8 Å². The minimum absolute atomic E-state index is 0.0264. The van der Waals surface area contributed by atoms with E-state index < -0.39 is 47.6 Å². The summed E-state index contributed by atoms with van der Waals surface area (Å²) in [5.41, 5.74) is 8.63. The molecule has 6 amide bonds. The molecule has 4 aromatic rings. The molecule has 0 bridgehead atoms. The minimum Gasteiger partial charge on any atom is -0.480 e. The van der Waals surface area contributed by atoms with Crippen molar-refractivity contribution >= 4 is 64.1 Å². The number of nitrogen functional groups attached to an aromatic ring is 1. The molecule has 0 aliphatic carbocycles. The van der Waals surface area contributed by atoms with Crippen LogP contribution in [0.15, 0.2) is 53.5 Å².